The number of nitrogens with one attached hydrogen (secondary N) is 1. The maximum absolute atomic E-state index is 12.8. The number of nitrogens with zero attached hydrogens (tertiary/aromatic N) is 1. The van der Waals surface area contributed by atoms with Gasteiger partial charge in [0.2, 0.25) is 11.8 Å². The summed E-state index contributed by atoms with van der Waals surface area (Å²) in [6, 6.07) is -1.06. The van der Waals surface area contributed by atoms with Crippen molar-refractivity contribution in [2.45, 2.75) is 66.1 Å². The summed E-state index contributed by atoms with van der Waals surface area (Å²) in [6.45, 7) is 11.7. The highest BCUT2D eigenvalue weighted by molar-refractivity contribution is 5.97. The lowest BCUT2D eigenvalue weighted by Gasteiger charge is -2.46. The summed E-state index contributed by atoms with van der Waals surface area (Å²) in [7, 11) is 0. The predicted octanol–water partition coefficient (Wildman–Crippen LogP) is 1.80. The molecule has 2 amide bonds. The molecule has 20 heavy (non-hydrogen) atoms. The summed E-state index contributed by atoms with van der Waals surface area (Å²) in [4.78, 5) is 26.9. The minimum Gasteiger partial charge on any atom is -0.342 e. The van der Waals surface area contributed by atoms with Crippen LogP contribution in [0.25, 0.3) is 0 Å². The van der Waals surface area contributed by atoms with E-state index in [9.17, 15) is 9.59 Å². The Morgan fingerprint density at radius 1 is 1.30 bits per heavy atom. The molecule has 0 aromatic rings. The monoisotopic (exact) mass is 278 g/mol. The molecule has 0 aliphatic carbocycles. The summed E-state index contributed by atoms with van der Waals surface area (Å²) >= 11 is 0. The lowest BCUT2D eigenvalue weighted by atomic mass is 9.82. The molecule has 1 N–H and O–H groups in total. The largest absolute Gasteiger partial charge is 0.342 e. The molecular formula is C16H26N2O2. The third kappa shape index (κ3) is 3.15. The second kappa shape index (κ2) is 5.87. The zero-order valence-corrected chi connectivity index (χ0v) is 13.4. The van der Waals surface area contributed by atoms with E-state index in [1.54, 1.807) is 4.90 Å². The summed E-state index contributed by atoms with van der Waals surface area (Å²) < 4.78 is 0. The van der Waals surface area contributed by atoms with E-state index in [0.717, 1.165) is 0 Å². The fourth-order valence-corrected chi connectivity index (χ4v) is 2.67. The first-order valence-corrected chi connectivity index (χ1v) is 7.17. The molecule has 3 unspecified atom stereocenters. The van der Waals surface area contributed by atoms with Gasteiger partial charge in [0.15, 0.2) is 0 Å². The topological polar surface area (TPSA) is 49.4 Å². The Labute approximate surface area is 122 Å². The van der Waals surface area contributed by atoms with Crippen LogP contribution in [0.1, 0.15) is 48.0 Å². The van der Waals surface area contributed by atoms with Gasteiger partial charge in [-0.3, -0.25) is 9.59 Å². The van der Waals surface area contributed by atoms with Crippen LogP contribution in [0.15, 0.2) is 0 Å². The minimum absolute atomic E-state index is 0.0291. The molecule has 1 fully saturated rings. The first kappa shape index (κ1) is 16.6. The van der Waals surface area contributed by atoms with Crippen LogP contribution in [0, 0.1) is 23.7 Å². The fraction of sp³-hybridized carbons (Fsp3) is 0.750. The van der Waals surface area contributed by atoms with Crippen molar-refractivity contribution in [1.82, 2.24) is 10.2 Å². The molecule has 112 valence electrons. The Balaban J connectivity index is 3.18. The van der Waals surface area contributed by atoms with Crippen molar-refractivity contribution in [3.05, 3.63) is 0 Å². The summed E-state index contributed by atoms with van der Waals surface area (Å²) in [6.07, 6.45) is 5.83. The Kier molecular flexibility index (Phi) is 4.86. The minimum atomic E-state index is -0.495. The maximum atomic E-state index is 12.8. The van der Waals surface area contributed by atoms with E-state index < -0.39 is 12.1 Å². The van der Waals surface area contributed by atoms with Crippen LogP contribution < -0.4 is 5.32 Å². The van der Waals surface area contributed by atoms with Crippen molar-refractivity contribution >= 4 is 11.8 Å². The van der Waals surface area contributed by atoms with Crippen LogP contribution in [0.5, 0.6) is 0 Å². The van der Waals surface area contributed by atoms with Gasteiger partial charge in [-0.1, -0.05) is 34.6 Å². The zero-order chi connectivity index (χ0) is 15.7. The quantitative estimate of drug-likeness (QED) is 0.800. The third-order valence-electron chi connectivity index (χ3n) is 3.74. The van der Waals surface area contributed by atoms with Gasteiger partial charge in [-0.15, -0.1) is 12.3 Å². The van der Waals surface area contributed by atoms with E-state index in [2.05, 4.69) is 11.2 Å². The average Bonchev–Trinajstić information content (AvgIpc) is 2.29. The Morgan fingerprint density at radius 2 is 1.85 bits per heavy atom. The fourth-order valence-electron chi connectivity index (χ4n) is 2.67. The molecule has 0 aromatic carbocycles. The number of hydrogen-bond donors (Lipinski definition) is 1. The molecule has 1 aliphatic rings. The van der Waals surface area contributed by atoms with Crippen molar-refractivity contribution in [2.75, 3.05) is 0 Å². The van der Waals surface area contributed by atoms with E-state index in [0.29, 0.717) is 6.42 Å². The average molecular weight is 278 g/mol. The highest BCUT2D eigenvalue weighted by Crippen LogP contribution is 2.29. The molecule has 4 nitrogen and oxygen atoms in total. The molecule has 0 aromatic heterocycles. The van der Waals surface area contributed by atoms with Gasteiger partial charge in [0.05, 0.1) is 0 Å². The Hall–Kier alpha value is -1.50. The maximum Gasteiger partial charge on any atom is 0.246 e. The lowest BCUT2D eigenvalue weighted by molar-refractivity contribution is -0.156. The summed E-state index contributed by atoms with van der Waals surface area (Å²) in [5.41, 5.74) is -0.317. The highest BCUT2D eigenvalue weighted by atomic mass is 16.2. The summed E-state index contributed by atoms with van der Waals surface area (Å²) in [5, 5.41) is 2.88. The molecule has 0 bridgehead atoms. The third-order valence-corrected chi connectivity index (χ3v) is 3.74. The van der Waals surface area contributed by atoms with Crippen LogP contribution in [0.4, 0.5) is 0 Å². The van der Waals surface area contributed by atoms with Crippen LogP contribution in [0.3, 0.4) is 0 Å². The number of carbonyl (C=O) groups excluding carboxylic acids is 2. The van der Waals surface area contributed by atoms with E-state index >= 15 is 0 Å². The van der Waals surface area contributed by atoms with Crippen LogP contribution >= 0.6 is 0 Å². The second-order valence-electron chi connectivity index (χ2n) is 7.00. The van der Waals surface area contributed by atoms with Gasteiger partial charge in [-0.2, -0.15) is 0 Å². The van der Waals surface area contributed by atoms with Gasteiger partial charge >= 0.3 is 0 Å². The smallest absolute Gasteiger partial charge is 0.246 e. The molecule has 1 saturated heterocycles. The van der Waals surface area contributed by atoms with E-state index in [4.69, 9.17) is 6.42 Å². The van der Waals surface area contributed by atoms with Crippen LogP contribution in [-0.4, -0.2) is 34.8 Å². The van der Waals surface area contributed by atoms with Crippen molar-refractivity contribution in [1.29, 1.82) is 0 Å². The molecular weight excluding hydrogens is 252 g/mol. The van der Waals surface area contributed by atoms with Gasteiger partial charge in [-0.25, -0.2) is 0 Å². The first-order valence-electron chi connectivity index (χ1n) is 7.17. The van der Waals surface area contributed by atoms with E-state index in [-0.39, 0.29) is 29.2 Å². The Morgan fingerprint density at radius 3 is 2.25 bits per heavy atom. The van der Waals surface area contributed by atoms with Gasteiger partial charge < -0.3 is 10.2 Å². The van der Waals surface area contributed by atoms with Crippen LogP contribution in [0.2, 0.25) is 0 Å². The number of carbonyl (C=O) groups is 2. The molecule has 1 rings (SSSR count). The van der Waals surface area contributed by atoms with Crippen molar-refractivity contribution in [3.8, 4) is 12.3 Å². The highest BCUT2D eigenvalue weighted by Gasteiger charge is 2.47. The van der Waals surface area contributed by atoms with Crippen molar-refractivity contribution in [3.63, 3.8) is 0 Å². The SMILES string of the molecule is C#CCC(C)N1C(=O)C(C(C)(C)C)NC(=O)C1C(C)C. The van der Waals surface area contributed by atoms with Gasteiger partial charge in [0.25, 0.3) is 0 Å². The molecule has 0 radical (unpaired) electrons. The second-order valence-corrected chi connectivity index (χ2v) is 7.00. The molecule has 1 heterocycles. The standard InChI is InChI=1S/C16H26N2O2/c1-8-9-11(4)18-12(10(2)3)14(19)17-13(15(18)20)16(5,6)7/h1,10-13H,9H2,2-7H3,(H,17,19). The lowest BCUT2D eigenvalue weighted by Crippen LogP contribution is -2.69. The Bertz CT molecular complexity index is 429. The van der Waals surface area contributed by atoms with Gasteiger partial charge in [-0.05, 0) is 18.3 Å². The number of terminal acetylenes is 1. The van der Waals surface area contributed by atoms with Gasteiger partial charge in [0, 0.05) is 12.5 Å². The predicted molar refractivity (Wildman–Crippen MR) is 79.8 cm³/mol. The summed E-state index contributed by atoms with van der Waals surface area (Å²) in [5.74, 6) is 2.53. The normalized spacial score (nSPS) is 25.4. The van der Waals surface area contributed by atoms with E-state index in [1.165, 1.54) is 0 Å². The number of piperazine rings is 1. The van der Waals surface area contributed by atoms with Crippen molar-refractivity contribution in [2.24, 2.45) is 11.3 Å². The number of amides is 2. The zero-order valence-electron chi connectivity index (χ0n) is 13.4. The molecule has 1 aliphatic heterocycles. The van der Waals surface area contributed by atoms with Crippen molar-refractivity contribution < 1.29 is 9.59 Å². The number of hydrogen-bond acceptors (Lipinski definition) is 2. The van der Waals surface area contributed by atoms with Crippen LogP contribution in [-0.2, 0) is 9.59 Å². The number of rotatable bonds is 3. The molecule has 3 atom stereocenters. The van der Waals surface area contributed by atoms with E-state index in [1.807, 2.05) is 41.5 Å². The molecule has 0 spiro atoms. The molecule has 4 heteroatoms. The molecule has 0 saturated carbocycles. The first-order chi connectivity index (χ1) is 9.11. The van der Waals surface area contributed by atoms with Gasteiger partial charge in [0.1, 0.15) is 12.1 Å².